The number of nitro groups is 1. The number of benzene rings is 2. The first-order valence-corrected chi connectivity index (χ1v) is 8.96. The quantitative estimate of drug-likeness (QED) is 0.437. The molecule has 2 aromatic rings. The monoisotopic (exact) mass is 392 g/mol. The van der Waals surface area contributed by atoms with Crippen molar-refractivity contribution in [2.75, 3.05) is 26.2 Å². The van der Waals surface area contributed by atoms with E-state index in [1.807, 2.05) is 29.3 Å². The summed E-state index contributed by atoms with van der Waals surface area (Å²) in [5.74, 6) is 0. The molecule has 0 N–H and O–H groups in total. The second kappa shape index (κ2) is 8.49. The van der Waals surface area contributed by atoms with E-state index in [1.165, 1.54) is 23.8 Å². The minimum Gasteiger partial charge on any atom is -0.295 e. The third-order valence-electron chi connectivity index (χ3n) is 4.22. The summed E-state index contributed by atoms with van der Waals surface area (Å²) in [5.41, 5.74) is 1.78. The molecule has 0 bridgehead atoms. The molecule has 0 aromatic heterocycles. The van der Waals surface area contributed by atoms with Crippen LogP contribution in [0.25, 0.3) is 0 Å². The van der Waals surface area contributed by atoms with E-state index >= 15 is 0 Å². The summed E-state index contributed by atoms with van der Waals surface area (Å²) in [6.45, 7) is 4.24. The number of nitro benzene ring substituents is 1. The number of hydrogen-bond donors (Lipinski definition) is 0. The number of nitrogens with zero attached hydrogens (tertiary/aromatic N) is 4. The van der Waals surface area contributed by atoms with Crippen LogP contribution in [0.5, 0.6) is 0 Å². The van der Waals surface area contributed by atoms with E-state index in [4.69, 9.17) is 23.2 Å². The molecule has 1 aliphatic rings. The third kappa shape index (κ3) is 4.94. The Balaban J connectivity index is 1.55. The minimum atomic E-state index is -0.441. The molecule has 0 radical (unpaired) electrons. The van der Waals surface area contributed by atoms with Crippen molar-refractivity contribution in [3.8, 4) is 0 Å². The Hall–Kier alpha value is -2.15. The van der Waals surface area contributed by atoms with Crippen LogP contribution in [-0.4, -0.2) is 47.2 Å². The lowest BCUT2D eigenvalue weighted by Crippen LogP contribution is -2.43. The number of hydrazone groups is 1. The van der Waals surface area contributed by atoms with Crippen LogP contribution in [0.4, 0.5) is 5.69 Å². The van der Waals surface area contributed by atoms with Crippen molar-refractivity contribution in [3.05, 3.63) is 73.8 Å². The Morgan fingerprint density at radius 1 is 1.08 bits per heavy atom. The molecule has 136 valence electrons. The van der Waals surface area contributed by atoms with Crippen LogP contribution < -0.4 is 0 Å². The van der Waals surface area contributed by atoms with E-state index in [1.54, 1.807) is 6.21 Å². The van der Waals surface area contributed by atoms with Crippen molar-refractivity contribution in [1.82, 2.24) is 9.91 Å². The highest BCUT2D eigenvalue weighted by molar-refractivity contribution is 6.33. The summed E-state index contributed by atoms with van der Waals surface area (Å²) in [6.07, 6.45) is 1.59. The van der Waals surface area contributed by atoms with Gasteiger partial charge >= 0.3 is 0 Å². The van der Waals surface area contributed by atoms with Gasteiger partial charge in [0.2, 0.25) is 0 Å². The van der Waals surface area contributed by atoms with Gasteiger partial charge in [-0.05, 0) is 23.8 Å². The standard InChI is InChI=1S/C18H18Cl2N4O2/c19-16-3-1-14(2-4-16)13-22-7-9-23(10-8-22)21-12-15-11-17(24(25)26)5-6-18(15)20/h1-6,11-12H,7-10,13H2/b21-12-. The van der Waals surface area contributed by atoms with Gasteiger partial charge in [0, 0.05) is 60.5 Å². The highest BCUT2D eigenvalue weighted by Gasteiger charge is 2.16. The molecule has 1 heterocycles. The fraction of sp³-hybridized carbons (Fsp3) is 0.278. The zero-order chi connectivity index (χ0) is 18.5. The van der Waals surface area contributed by atoms with Gasteiger partial charge in [0.05, 0.1) is 11.1 Å². The molecule has 2 aromatic carbocycles. The molecule has 26 heavy (non-hydrogen) atoms. The summed E-state index contributed by atoms with van der Waals surface area (Å²) in [7, 11) is 0. The topological polar surface area (TPSA) is 62.0 Å². The zero-order valence-corrected chi connectivity index (χ0v) is 15.5. The first-order valence-electron chi connectivity index (χ1n) is 8.21. The molecule has 8 heteroatoms. The van der Waals surface area contributed by atoms with Gasteiger partial charge < -0.3 is 0 Å². The first kappa shape index (κ1) is 18.6. The van der Waals surface area contributed by atoms with Gasteiger partial charge in [-0.2, -0.15) is 5.10 Å². The largest absolute Gasteiger partial charge is 0.295 e. The number of hydrogen-bond acceptors (Lipinski definition) is 5. The molecule has 0 spiro atoms. The van der Waals surface area contributed by atoms with E-state index in [-0.39, 0.29) is 5.69 Å². The third-order valence-corrected chi connectivity index (χ3v) is 4.81. The molecule has 0 amide bonds. The predicted molar refractivity (Wildman–Crippen MR) is 104 cm³/mol. The van der Waals surface area contributed by atoms with Crippen LogP contribution in [0, 0.1) is 10.1 Å². The van der Waals surface area contributed by atoms with Gasteiger partial charge in [0.25, 0.3) is 5.69 Å². The molecule has 0 saturated carbocycles. The maximum absolute atomic E-state index is 10.9. The van der Waals surface area contributed by atoms with Gasteiger partial charge in [-0.15, -0.1) is 0 Å². The highest BCUT2D eigenvalue weighted by Crippen LogP contribution is 2.21. The summed E-state index contributed by atoms with van der Waals surface area (Å²) in [5, 5.41) is 18.4. The van der Waals surface area contributed by atoms with Crippen molar-refractivity contribution in [2.24, 2.45) is 5.10 Å². The average molecular weight is 393 g/mol. The maximum atomic E-state index is 10.9. The molecule has 0 unspecified atom stereocenters. The normalized spacial score (nSPS) is 15.5. The fourth-order valence-corrected chi connectivity index (χ4v) is 3.04. The van der Waals surface area contributed by atoms with Crippen LogP contribution in [0.2, 0.25) is 10.0 Å². The van der Waals surface area contributed by atoms with E-state index < -0.39 is 4.92 Å². The Bertz CT molecular complexity index is 803. The van der Waals surface area contributed by atoms with Gasteiger partial charge in [0.1, 0.15) is 0 Å². The number of rotatable bonds is 5. The van der Waals surface area contributed by atoms with Crippen molar-refractivity contribution >= 4 is 35.1 Å². The average Bonchev–Trinajstić information content (AvgIpc) is 2.64. The zero-order valence-electron chi connectivity index (χ0n) is 14.0. The van der Waals surface area contributed by atoms with Gasteiger partial charge in [-0.1, -0.05) is 35.3 Å². The highest BCUT2D eigenvalue weighted by atomic mass is 35.5. The molecule has 1 saturated heterocycles. The number of piperazine rings is 1. The van der Waals surface area contributed by atoms with E-state index in [0.717, 1.165) is 37.7 Å². The second-order valence-electron chi connectivity index (χ2n) is 6.06. The van der Waals surface area contributed by atoms with Crippen molar-refractivity contribution in [1.29, 1.82) is 0 Å². The predicted octanol–water partition coefficient (Wildman–Crippen LogP) is 4.05. The van der Waals surface area contributed by atoms with Crippen LogP contribution in [0.3, 0.4) is 0 Å². The Morgan fingerprint density at radius 3 is 2.42 bits per heavy atom. The lowest BCUT2D eigenvalue weighted by molar-refractivity contribution is -0.384. The fourth-order valence-electron chi connectivity index (χ4n) is 2.75. The minimum absolute atomic E-state index is 0.00336. The lowest BCUT2D eigenvalue weighted by atomic mass is 10.2. The Morgan fingerprint density at radius 2 is 1.77 bits per heavy atom. The number of non-ortho nitro benzene ring substituents is 1. The Labute approximate surface area is 161 Å². The summed E-state index contributed by atoms with van der Waals surface area (Å²) < 4.78 is 0. The molecular formula is C18H18Cl2N4O2. The SMILES string of the molecule is O=[N+]([O-])c1ccc(Cl)c(/C=N\N2CCN(Cc3ccc(Cl)cc3)CC2)c1. The van der Waals surface area contributed by atoms with Crippen LogP contribution in [0.1, 0.15) is 11.1 Å². The van der Waals surface area contributed by atoms with E-state index in [0.29, 0.717) is 10.6 Å². The van der Waals surface area contributed by atoms with E-state index in [9.17, 15) is 10.1 Å². The smallest absolute Gasteiger partial charge is 0.270 e. The second-order valence-corrected chi connectivity index (χ2v) is 6.91. The lowest BCUT2D eigenvalue weighted by Gasteiger charge is -2.33. The van der Waals surface area contributed by atoms with E-state index in [2.05, 4.69) is 10.0 Å². The summed E-state index contributed by atoms with van der Waals surface area (Å²) >= 11 is 12.0. The molecule has 3 rings (SSSR count). The van der Waals surface area contributed by atoms with Crippen LogP contribution in [0.15, 0.2) is 47.6 Å². The van der Waals surface area contributed by atoms with Gasteiger partial charge in [-0.25, -0.2) is 0 Å². The summed E-state index contributed by atoms with van der Waals surface area (Å²) in [6, 6.07) is 12.2. The Kier molecular flexibility index (Phi) is 6.08. The number of halogens is 2. The molecule has 0 atom stereocenters. The molecule has 1 fully saturated rings. The van der Waals surface area contributed by atoms with Crippen molar-refractivity contribution in [2.45, 2.75) is 6.54 Å². The van der Waals surface area contributed by atoms with Crippen LogP contribution in [-0.2, 0) is 6.54 Å². The van der Waals surface area contributed by atoms with Gasteiger partial charge in [-0.3, -0.25) is 20.0 Å². The van der Waals surface area contributed by atoms with Crippen molar-refractivity contribution in [3.63, 3.8) is 0 Å². The molecule has 1 aliphatic heterocycles. The maximum Gasteiger partial charge on any atom is 0.270 e. The molecule has 0 aliphatic carbocycles. The van der Waals surface area contributed by atoms with Crippen LogP contribution >= 0.6 is 23.2 Å². The first-order chi connectivity index (χ1) is 12.5. The molecule has 6 nitrogen and oxygen atoms in total. The molecular weight excluding hydrogens is 375 g/mol. The summed E-state index contributed by atoms with van der Waals surface area (Å²) in [4.78, 5) is 12.8. The van der Waals surface area contributed by atoms with Gasteiger partial charge in [0.15, 0.2) is 0 Å². The van der Waals surface area contributed by atoms with Crippen molar-refractivity contribution < 1.29 is 4.92 Å².